The quantitative estimate of drug-likeness (QED) is 0.838. The molecular formula is C18H28N2O2. The van der Waals surface area contributed by atoms with Gasteiger partial charge in [-0.05, 0) is 49.4 Å². The highest BCUT2D eigenvalue weighted by Gasteiger charge is 2.12. The minimum Gasteiger partial charge on any atom is -0.342 e. The molecule has 0 fully saturated rings. The molecule has 0 saturated heterocycles. The Morgan fingerprint density at radius 3 is 2.36 bits per heavy atom. The first kappa shape index (κ1) is 18.2. The van der Waals surface area contributed by atoms with Gasteiger partial charge in [-0.25, -0.2) is 0 Å². The number of anilines is 1. The van der Waals surface area contributed by atoms with Gasteiger partial charge in [-0.3, -0.25) is 9.59 Å². The molecule has 0 aliphatic carbocycles. The highest BCUT2D eigenvalue weighted by Crippen LogP contribution is 2.14. The average Bonchev–Trinajstić information content (AvgIpc) is 2.42. The molecule has 0 spiro atoms. The van der Waals surface area contributed by atoms with Crippen LogP contribution < -0.4 is 5.32 Å². The number of carbonyl (C=O) groups excluding carboxylic acids is 2. The van der Waals surface area contributed by atoms with Crippen LogP contribution in [0.1, 0.15) is 44.7 Å². The Kier molecular flexibility index (Phi) is 7.09. The molecule has 0 heterocycles. The molecule has 0 aliphatic rings. The van der Waals surface area contributed by atoms with E-state index in [-0.39, 0.29) is 11.8 Å². The molecule has 0 saturated carbocycles. The van der Waals surface area contributed by atoms with Gasteiger partial charge in [-0.1, -0.05) is 19.9 Å². The number of carbonyl (C=O) groups is 2. The number of amides is 2. The lowest BCUT2D eigenvalue weighted by Gasteiger charge is -2.21. The van der Waals surface area contributed by atoms with Crippen LogP contribution in [0.3, 0.4) is 0 Å². The lowest BCUT2D eigenvalue weighted by molar-refractivity contribution is -0.129. The van der Waals surface area contributed by atoms with Crippen LogP contribution in [0.15, 0.2) is 18.2 Å². The fourth-order valence-electron chi connectivity index (χ4n) is 2.12. The first-order valence-corrected chi connectivity index (χ1v) is 7.92. The summed E-state index contributed by atoms with van der Waals surface area (Å²) < 4.78 is 0. The first-order valence-electron chi connectivity index (χ1n) is 7.92. The van der Waals surface area contributed by atoms with Crippen molar-refractivity contribution in [3.05, 3.63) is 29.3 Å². The third-order valence-corrected chi connectivity index (χ3v) is 3.82. The summed E-state index contributed by atoms with van der Waals surface area (Å²) in [4.78, 5) is 25.4. The molecule has 2 amide bonds. The first-order chi connectivity index (χ1) is 10.3. The van der Waals surface area contributed by atoms with Crippen molar-refractivity contribution in [2.24, 2.45) is 5.92 Å². The van der Waals surface area contributed by atoms with Gasteiger partial charge in [0.15, 0.2) is 0 Å². The van der Waals surface area contributed by atoms with Gasteiger partial charge in [0.25, 0.3) is 0 Å². The van der Waals surface area contributed by atoms with E-state index in [0.717, 1.165) is 17.7 Å². The second-order valence-electron chi connectivity index (χ2n) is 6.29. The number of nitrogens with zero attached hydrogens (tertiary/aromatic N) is 1. The highest BCUT2D eigenvalue weighted by molar-refractivity contribution is 5.91. The third kappa shape index (κ3) is 6.29. The summed E-state index contributed by atoms with van der Waals surface area (Å²) in [7, 11) is 0. The second kappa shape index (κ2) is 8.57. The lowest BCUT2D eigenvalue weighted by atomic mass is 10.1. The number of hydrogen-bond donors (Lipinski definition) is 1. The smallest absolute Gasteiger partial charge is 0.226 e. The van der Waals surface area contributed by atoms with E-state index < -0.39 is 0 Å². The van der Waals surface area contributed by atoms with Gasteiger partial charge in [0.05, 0.1) is 0 Å². The molecule has 1 aromatic rings. The summed E-state index contributed by atoms with van der Waals surface area (Å²) in [5, 5.41) is 2.89. The van der Waals surface area contributed by atoms with Crippen molar-refractivity contribution in [3.63, 3.8) is 0 Å². The molecule has 0 aliphatic heterocycles. The SMILES string of the molecule is CC(=O)N(CCC(=O)Nc1ccc(C)c(C)c1)CCC(C)C. The van der Waals surface area contributed by atoms with Gasteiger partial charge in [0.2, 0.25) is 11.8 Å². The topological polar surface area (TPSA) is 49.4 Å². The average molecular weight is 304 g/mol. The molecule has 1 aromatic carbocycles. The van der Waals surface area contributed by atoms with Crippen molar-refractivity contribution in [3.8, 4) is 0 Å². The fraction of sp³-hybridized carbons (Fsp3) is 0.556. The van der Waals surface area contributed by atoms with Crippen LogP contribution >= 0.6 is 0 Å². The second-order valence-corrected chi connectivity index (χ2v) is 6.29. The summed E-state index contributed by atoms with van der Waals surface area (Å²) in [6.45, 7) is 11.1. The largest absolute Gasteiger partial charge is 0.342 e. The minimum atomic E-state index is -0.0564. The predicted octanol–water partition coefficient (Wildman–Crippen LogP) is 3.53. The molecule has 4 nitrogen and oxygen atoms in total. The normalized spacial score (nSPS) is 10.6. The van der Waals surface area contributed by atoms with Crippen LogP contribution in [0, 0.1) is 19.8 Å². The molecule has 1 rings (SSSR count). The zero-order chi connectivity index (χ0) is 16.7. The Balaban J connectivity index is 2.49. The van der Waals surface area contributed by atoms with E-state index >= 15 is 0 Å². The summed E-state index contributed by atoms with van der Waals surface area (Å²) >= 11 is 0. The summed E-state index contributed by atoms with van der Waals surface area (Å²) in [5.41, 5.74) is 3.17. The van der Waals surface area contributed by atoms with Crippen LogP contribution in [0.25, 0.3) is 0 Å². The van der Waals surface area contributed by atoms with Gasteiger partial charge in [-0.2, -0.15) is 0 Å². The molecule has 4 heteroatoms. The van der Waals surface area contributed by atoms with E-state index in [2.05, 4.69) is 19.2 Å². The maximum absolute atomic E-state index is 12.0. The van der Waals surface area contributed by atoms with Crippen LogP contribution in [0.4, 0.5) is 5.69 Å². The van der Waals surface area contributed by atoms with Crippen LogP contribution in [0.5, 0.6) is 0 Å². The Hall–Kier alpha value is -1.84. The molecule has 0 bridgehead atoms. The number of nitrogens with one attached hydrogen (secondary N) is 1. The number of aryl methyl sites for hydroxylation is 2. The zero-order valence-corrected chi connectivity index (χ0v) is 14.4. The molecule has 1 N–H and O–H groups in total. The Morgan fingerprint density at radius 1 is 1.14 bits per heavy atom. The van der Waals surface area contributed by atoms with Crippen molar-refractivity contribution in [1.29, 1.82) is 0 Å². The number of benzene rings is 1. The van der Waals surface area contributed by atoms with E-state index in [1.807, 2.05) is 32.0 Å². The van der Waals surface area contributed by atoms with Crippen molar-refractivity contribution in [2.45, 2.75) is 47.5 Å². The predicted molar refractivity (Wildman–Crippen MR) is 90.9 cm³/mol. The van der Waals surface area contributed by atoms with Crippen LogP contribution in [0.2, 0.25) is 0 Å². The fourth-order valence-corrected chi connectivity index (χ4v) is 2.12. The van der Waals surface area contributed by atoms with Gasteiger partial charge in [-0.15, -0.1) is 0 Å². The highest BCUT2D eigenvalue weighted by atomic mass is 16.2. The van der Waals surface area contributed by atoms with E-state index in [1.165, 1.54) is 5.56 Å². The van der Waals surface area contributed by atoms with Gasteiger partial charge in [0, 0.05) is 32.1 Å². The molecule has 0 radical (unpaired) electrons. The summed E-state index contributed by atoms with van der Waals surface area (Å²) in [6.07, 6.45) is 1.28. The molecule has 122 valence electrons. The van der Waals surface area contributed by atoms with Gasteiger partial charge in [0.1, 0.15) is 0 Å². The minimum absolute atomic E-state index is 0.0274. The van der Waals surface area contributed by atoms with Crippen molar-refractivity contribution >= 4 is 17.5 Å². The summed E-state index contributed by atoms with van der Waals surface area (Å²) in [5.74, 6) is 0.518. The third-order valence-electron chi connectivity index (χ3n) is 3.82. The number of hydrogen-bond acceptors (Lipinski definition) is 2. The van der Waals surface area contributed by atoms with E-state index in [4.69, 9.17) is 0 Å². The lowest BCUT2D eigenvalue weighted by Crippen LogP contribution is -2.33. The Bertz CT molecular complexity index is 524. The zero-order valence-electron chi connectivity index (χ0n) is 14.4. The monoisotopic (exact) mass is 304 g/mol. The Labute approximate surface area is 133 Å². The van der Waals surface area contributed by atoms with Crippen molar-refractivity contribution < 1.29 is 9.59 Å². The van der Waals surface area contributed by atoms with E-state index in [0.29, 0.717) is 25.4 Å². The molecule has 0 aromatic heterocycles. The molecule has 0 unspecified atom stereocenters. The van der Waals surface area contributed by atoms with E-state index in [1.54, 1.807) is 11.8 Å². The maximum atomic E-state index is 12.0. The summed E-state index contributed by atoms with van der Waals surface area (Å²) in [6, 6.07) is 5.87. The van der Waals surface area contributed by atoms with Crippen molar-refractivity contribution in [2.75, 3.05) is 18.4 Å². The Morgan fingerprint density at radius 2 is 1.82 bits per heavy atom. The molecular weight excluding hydrogens is 276 g/mol. The van der Waals surface area contributed by atoms with Crippen LogP contribution in [-0.4, -0.2) is 29.8 Å². The van der Waals surface area contributed by atoms with Crippen molar-refractivity contribution in [1.82, 2.24) is 4.90 Å². The van der Waals surface area contributed by atoms with E-state index in [9.17, 15) is 9.59 Å². The van der Waals surface area contributed by atoms with Gasteiger partial charge < -0.3 is 10.2 Å². The standard InChI is InChI=1S/C18H28N2O2/c1-13(2)8-10-20(16(5)21)11-9-18(22)19-17-7-6-14(3)15(4)12-17/h6-7,12-13H,8-11H2,1-5H3,(H,19,22). The van der Waals surface area contributed by atoms with Gasteiger partial charge >= 0.3 is 0 Å². The number of rotatable bonds is 7. The molecule has 0 atom stereocenters. The maximum Gasteiger partial charge on any atom is 0.226 e. The van der Waals surface area contributed by atoms with Crippen LogP contribution in [-0.2, 0) is 9.59 Å². The molecule has 22 heavy (non-hydrogen) atoms.